The molecule has 2 aromatic rings. The van der Waals surface area contributed by atoms with Gasteiger partial charge in [-0.1, -0.05) is 24.3 Å². The Balaban J connectivity index is 1.81. The van der Waals surface area contributed by atoms with Gasteiger partial charge in [-0.3, -0.25) is 4.79 Å². The summed E-state index contributed by atoms with van der Waals surface area (Å²) in [5.74, 6) is -0.506. The number of hydrogen-bond acceptors (Lipinski definition) is 4. The highest BCUT2D eigenvalue weighted by molar-refractivity contribution is 6.02. The summed E-state index contributed by atoms with van der Waals surface area (Å²) >= 11 is 0. The van der Waals surface area contributed by atoms with E-state index in [0.29, 0.717) is 11.5 Å². The van der Waals surface area contributed by atoms with E-state index in [0.717, 1.165) is 0 Å². The van der Waals surface area contributed by atoms with E-state index in [1.54, 1.807) is 37.3 Å². The van der Waals surface area contributed by atoms with Crippen LogP contribution in [-0.2, 0) is 4.79 Å². The molecule has 0 radical (unpaired) electrons. The van der Waals surface area contributed by atoms with Gasteiger partial charge in [-0.2, -0.15) is 0 Å². The lowest BCUT2D eigenvalue weighted by atomic mass is 10.1. The van der Waals surface area contributed by atoms with Gasteiger partial charge in [0.15, 0.2) is 11.5 Å². The molecule has 0 saturated carbocycles. The molecule has 1 aliphatic heterocycles. The van der Waals surface area contributed by atoms with Crippen LogP contribution in [0.1, 0.15) is 17.3 Å². The third-order valence-electron chi connectivity index (χ3n) is 3.52. The monoisotopic (exact) mass is 313 g/mol. The minimum Gasteiger partial charge on any atom is -0.482 e. The Morgan fingerprint density at radius 3 is 2.30 bits per heavy atom. The molecule has 1 amide bonds. The van der Waals surface area contributed by atoms with Crippen LogP contribution in [0.3, 0.4) is 0 Å². The Hall–Kier alpha value is -3.02. The summed E-state index contributed by atoms with van der Waals surface area (Å²) in [7, 11) is 0. The second-order valence-corrected chi connectivity index (χ2v) is 5.15. The minimum absolute atomic E-state index is 0.0191. The summed E-state index contributed by atoms with van der Waals surface area (Å²) in [6, 6.07) is 13.3. The van der Waals surface area contributed by atoms with E-state index in [2.05, 4.69) is 5.32 Å². The second-order valence-electron chi connectivity index (χ2n) is 5.15. The van der Waals surface area contributed by atoms with E-state index in [1.165, 1.54) is 12.1 Å². The van der Waals surface area contributed by atoms with E-state index >= 15 is 0 Å². The zero-order chi connectivity index (χ0) is 16.4. The highest BCUT2D eigenvalue weighted by Gasteiger charge is 2.34. The molecular weight excluding hydrogens is 298 g/mol. The zero-order valence-corrected chi connectivity index (χ0v) is 12.4. The van der Waals surface area contributed by atoms with Crippen LogP contribution in [0.2, 0.25) is 0 Å². The molecule has 0 aromatic heterocycles. The topological polar surface area (TPSA) is 84.9 Å². The third kappa shape index (κ3) is 2.96. The fraction of sp³-hybridized carbons (Fsp3) is 0.176. The smallest absolute Gasteiger partial charge is 0.337 e. The first-order valence-electron chi connectivity index (χ1n) is 7.12. The van der Waals surface area contributed by atoms with Gasteiger partial charge in [0.05, 0.1) is 11.3 Å². The second kappa shape index (κ2) is 6.00. The number of hydrogen-bond donors (Lipinski definition) is 2. The van der Waals surface area contributed by atoms with Crippen LogP contribution >= 0.6 is 0 Å². The van der Waals surface area contributed by atoms with Gasteiger partial charge in [-0.05, 0) is 31.2 Å². The molecule has 118 valence electrons. The lowest BCUT2D eigenvalue weighted by Gasteiger charge is -2.31. The molecule has 0 fully saturated rings. The van der Waals surface area contributed by atoms with E-state index < -0.39 is 24.1 Å². The average Bonchev–Trinajstić information content (AvgIpc) is 2.54. The summed E-state index contributed by atoms with van der Waals surface area (Å²) in [5, 5.41) is 11.8. The fourth-order valence-electron chi connectivity index (χ4n) is 2.39. The average molecular weight is 313 g/mol. The number of fused-ring (bicyclic) bond motifs is 1. The summed E-state index contributed by atoms with van der Waals surface area (Å²) in [5.41, 5.74) is 0.241. The highest BCUT2D eigenvalue weighted by Crippen LogP contribution is 2.33. The van der Waals surface area contributed by atoms with Crippen LogP contribution in [0, 0.1) is 0 Å². The summed E-state index contributed by atoms with van der Waals surface area (Å²) < 4.78 is 11.4. The Morgan fingerprint density at radius 1 is 1.00 bits per heavy atom. The van der Waals surface area contributed by atoms with Crippen molar-refractivity contribution in [1.82, 2.24) is 0 Å². The Morgan fingerprint density at radius 2 is 1.61 bits per heavy atom. The molecular formula is C17H15NO5. The number of carboxylic acid groups (broad SMARTS) is 1. The van der Waals surface area contributed by atoms with Crippen molar-refractivity contribution in [3.63, 3.8) is 0 Å². The van der Waals surface area contributed by atoms with E-state index in [-0.39, 0.29) is 11.3 Å². The summed E-state index contributed by atoms with van der Waals surface area (Å²) in [6.07, 6.45) is -1.37. The Kier molecular flexibility index (Phi) is 3.89. The molecule has 6 nitrogen and oxygen atoms in total. The number of carbonyl (C=O) groups excluding carboxylic acids is 1. The van der Waals surface area contributed by atoms with Gasteiger partial charge in [-0.15, -0.1) is 0 Å². The molecule has 0 bridgehead atoms. The number of carboxylic acids is 1. The lowest BCUT2D eigenvalue weighted by Crippen LogP contribution is -2.46. The molecule has 2 N–H and O–H groups in total. The Labute approximate surface area is 132 Å². The molecule has 3 rings (SSSR count). The minimum atomic E-state index is -1.11. The number of rotatable bonds is 3. The van der Waals surface area contributed by atoms with Crippen LogP contribution in [0.15, 0.2) is 48.5 Å². The van der Waals surface area contributed by atoms with Crippen molar-refractivity contribution in [2.24, 2.45) is 0 Å². The number of para-hydroxylation sites is 3. The summed E-state index contributed by atoms with van der Waals surface area (Å²) in [4.78, 5) is 23.7. The zero-order valence-electron chi connectivity index (χ0n) is 12.4. The molecule has 1 aliphatic rings. The number of nitrogens with one attached hydrogen (secondary N) is 1. The van der Waals surface area contributed by atoms with Crippen LogP contribution in [0.25, 0.3) is 0 Å². The van der Waals surface area contributed by atoms with Gasteiger partial charge in [-0.25, -0.2) is 4.79 Å². The quantitative estimate of drug-likeness (QED) is 0.909. The number of benzene rings is 2. The molecule has 23 heavy (non-hydrogen) atoms. The predicted octanol–water partition coefficient (Wildman–Crippen LogP) is 2.55. The number of amides is 1. The van der Waals surface area contributed by atoms with Crippen LogP contribution < -0.4 is 14.8 Å². The third-order valence-corrected chi connectivity index (χ3v) is 3.52. The molecule has 0 saturated heterocycles. The summed E-state index contributed by atoms with van der Waals surface area (Å²) in [6.45, 7) is 1.73. The molecule has 6 heteroatoms. The fourth-order valence-corrected chi connectivity index (χ4v) is 2.39. The number of ether oxygens (including phenoxy) is 2. The largest absolute Gasteiger partial charge is 0.482 e. The standard InChI is InChI=1S/C17H15NO5/c1-10-15(23-14-9-5-4-8-13(14)22-10)16(19)18-12-7-3-2-6-11(12)17(20)21/h2-10,15H,1H3,(H,18,19)(H,20,21)/t10-,15-/m1/s1. The molecule has 1 heterocycles. The van der Waals surface area contributed by atoms with Crippen molar-refractivity contribution >= 4 is 17.6 Å². The van der Waals surface area contributed by atoms with Gasteiger partial charge in [0.1, 0.15) is 6.10 Å². The van der Waals surface area contributed by atoms with Gasteiger partial charge in [0.25, 0.3) is 5.91 Å². The SMILES string of the molecule is C[C@H]1Oc2ccccc2O[C@H]1C(=O)Nc1ccccc1C(=O)O. The molecule has 2 atom stereocenters. The van der Waals surface area contributed by atoms with Gasteiger partial charge < -0.3 is 19.9 Å². The van der Waals surface area contributed by atoms with Crippen molar-refractivity contribution in [2.75, 3.05) is 5.32 Å². The molecule has 0 aliphatic carbocycles. The van der Waals surface area contributed by atoms with Crippen molar-refractivity contribution in [2.45, 2.75) is 19.1 Å². The van der Waals surface area contributed by atoms with Crippen molar-refractivity contribution in [1.29, 1.82) is 0 Å². The van der Waals surface area contributed by atoms with Crippen LogP contribution in [-0.4, -0.2) is 29.2 Å². The maximum Gasteiger partial charge on any atom is 0.337 e. The molecule has 2 aromatic carbocycles. The first-order chi connectivity index (χ1) is 11.1. The maximum absolute atomic E-state index is 12.5. The van der Waals surface area contributed by atoms with Crippen LogP contribution in [0.5, 0.6) is 11.5 Å². The number of anilines is 1. The maximum atomic E-state index is 12.5. The predicted molar refractivity (Wildman–Crippen MR) is 83.0 cm³/mol. The van der Waals surface area contributed by atoms with E-state index in [1.807, 2.05) is 6.07 Å². The van der Waals surface area contributed by atoms with Crippen molar-refractivity contribution in [3.05, 3.63) is 54.1 Å². The molecule has 0 spiro atoms. The first-order valence-corrected chi connectivity index (χ1v) is 7.12. The lowest BCUT2D eigenvalue weighted by molar-refractivity contribution is -0.128. The molecule has 0 unspecified atom stereocenters. The van der Waals surface area contributed by atoms with Crippen molar-refractivity contribution < 1.29 is 24.2 Å². The number of aromatic carboxylic acids is 1. The normalized spacial score (nSPS) is 19.0. The first kappa shape index (κ1) is 14.9. The van der Waals surface area contributed by atoms with E-state index in [4.69, 9.17) is 14.6 Å². The highest BCUT2D eigenvalue weighted by atomic mass is 16.6. The van der Waals surface area contributed by atoms with E-state index in [9.17, 15) is 9.59 Å². The Bertz CT molecular complexity index is 758. The van der Waals surface area contributed by atoms with Gasteiger partial charge >= 0.3 is 5.97 Å². The van der Waals surface area contributed by atoms with Gasteiger partial charge in [0.2, 0.25) is 6.10 Å². The van der Waals surface area contributed by atoms with Crippen molar-refractivity contribution in [3.8, 4) is 11.5 Å². The van der Waals surface area contributed by atoms with Gasteiger partial charge in [0, 0.05) is 0 Å². The van der Waals surface area contributed by atoms with Crippen LogP contribution in [0.4, 0.5) is 5.69 Å². The number of carbonyl (C=O) groups is 2.